The number of ether oxygens (including phenoxy) is 2. The van der Waals surface area contributed by atoms with Crippen molar-refractivity contribution < 1.29 is 24.1 Å². The highest BCUT2D eigenvalue weighted by Crippen LogP contribution is 2.40. The lowest BCUT2D eigenvalue weighted by Gasteiger charge is -2.09. The minimum absolute atomic E-state index is 0.00216. The number of aromatic hydroxyl groups is 2. The number of rotatable bonds is 2. The van der Waals surface area contributed by atoms with Gasteiger partial charge in [0.05, 0.1) is 19.6 Å². The highest BCUT2D eigenvalue weighted by atomic mass is 16.5. The standard InChI is InChI=1S/C15H12O6/c1-19-7-3-4-11-8(5-7)13(18)12-9(16)6-10(17)14(20-2)15(12)21-11/h3-6,16-17H,1-2H3. The molecule has 0 aliphatic carbocycles. The fourth-order valence-corrected chi connectivity index (χ4v) is 2.27. The summed E-state index contributed by atoms with van der Waals surface area (Å²) in [6, 6.07) is 5.80. The van der Waals surface area contributed by atoms with Crippen LogP contribution < -0.4 is 14.9 Å². The molecular formula is C15H12O6. The normalized spacial score (nSPS) is 11.0. The second-order valence-corrected chi connectivity index (χ2v) is 4.45. The van der Waals surface area contributed by atoms with Gasteiger partial charge in [0.2, 0.25) is 11.2 Å². The Bertz CT molecular complexity index is 910. The van der Waals surface area contributed by atoms with E-state index in [0.717, 1.165) is 6.07 Å². The molecule has 2 N–H and O–H groups in total. The molecule has 3 aromatic rings. The van der Waals surface area contributed by atoms with Crippen molar-refractivity contribution in [3.05, 3.63) is 34.5 Å². The zero-order chi connectivity index (χ0) is 15.1. The minimum atomic E-state index is -0.430. The van der Waals surface area contributed by atoms with Crippen molar-refractivity contribution in [1.82, 2.24) is 0 Å². The molecule has 108 valence electrons. The van der Waals surface area contributed by atoms with Crippen molar-refractivity contribution in [2.45, 2.75) is 0 Å². The largest absolute Gasteiger partial charge is 0.507 e. The first kappa shape index (κ1) is 13.1. The van der Waals surface area contributed by atoms with Crippen LogP contribution >= 0.6 is 0 Å². The van der Waals surface area contributed by atoms with Gasteiger partial charge in [-0.15, -0.1) is 0 Å². The Morgan fingerprint density at radius 1 is 1.05 bits per heavy atom. The van der Waals surface area contributed by atoms with E-state index in [0.29, 0.717) is 11.3 Å². The Balaban J connectivity index is 2.56. The lowest BCUT2D eigenvalue weighted by Crippen LogP contribution is -2.04. The van der Waals surface area contributed by atoms with Crippen LogP contribution in [0.2, 0.25) is 0 Å². The molecule has 1 aromatic heterocycles. The highest BCUT2D eigenvalue weighted by Gasteiger charge is 2.19. The van der Waals surface area contributed by atoms with Crippen molar-refractivity contribution >= 4 is 21.9 Å². The maximum Gasteiger partial charge on any atom is 0.204 e. The van der Waals surface area contributed by atoms with Gasteiger partial charge in [0.1, 0.15) is 22.5 Å². The molecule has 21 heavy (non-hydrogen) atoms. The summed E-state index contributed by atoms with van der Waals surface area (Å²) in [5.41, 5.74) is -0.129. The average Bonchev–Trinajstić information content (AvgIpc) is 2.47. The third-order valence-electron chi connectivity index (χ3n) is 3.27. The van der Waals surface area contributed by atoms with Crippen molar-refractivity contribution in [2.24, 2.45) is 0 Å². The van der Waals surface area contributed by atoms with Crippen LogP contribution in [0.4, 0.5) is 0 Å². The summed E-state index contributed by atoms with van der Waals surface area (Å²) < 4.78 is 15.7. The van der Waals surface area contributed by atoms with Crippen molar-refractivity contribution in [2.75, 3.05) is 14.2 Å². The molecule has 3 rings (SSSR count). The summed E-state index contributed by atoms with van der Waals surface area (Å²) in [4.78, 5) is 12.5. The van der Waals surface area contributed by atoms with E-state index in [1.807, 2.05) is 0 Å². The Morgan fingerprint density at radius 3 is 2.48 bits per heavy atom. The summed E-state index contributed by atoms with van der Waals surface area (Å²) in [7, 11) is 2.83. The molecule has 0 aliphatic rings. The SMILES string of the molecule is COc1ccc2oc3c(OC)c(O)cc(O)c3c(=O)c2c1. The monoisotopic (exact) mass is 288 g/mol. The third-order valence-corrected chi connectivity index (χ3v) is 3.27. The van der Waals surface area contributed by atoms with Crippen LogP contribution in [-0.2, 0) is 0 Å². The van der Waals surface area contributed by atoms with Crippen LogP contribution in [0.5, 0.6) is 23.0 Å². The fourth-order valence-electron chi connectivity index (χ4n) is 2.27. The maximum atomic E-state index is 12.5. The quantitative estimate of drug-likeness (QED) is 0.704. The molecule has 0 aliphatic heterocycles. The van der Waals surface area contributed by atoms with E-state index in [1.165, 1.54) is 20.3 Å². The van der Waals surface area contributed by atoms with Gasteiger partial charge >= 0.3 is 0 Å². The van der Waals surface area contributed by atoms with E-state index in [4.69, 9.17) is 13.9 Å². The molecule has 1 heterocycles. The number of methoxy groups -OCH3 is 2. The summed E-state index contributed by atoms with van der Waals surface area (Å²) in [6.07, 6.45) is 0. The second-order valence-electron chi connectivity index (χ2n) is 4.45. The average molecular weight is 288 g/mol. The van der Waals surface area contributed by atoms with Crippen LogP contribution in [0.3, 0.4) is 0 Å². The van der Waals surface area contributed by atoms with Gasteiger partial charge in [-0.3, -0.25) is 4.79 Å². The highest BCUT2D eigenvalue weighted by molar-refractivity contribution is 5.97. The number of phenolic OH excluding ortho intramolecular Hbond substituents is 2. The molecule has 0 saturated carbocycles. The summed E-state index contributed by atoms with van der Waals surface area (Å²) in [5, 5.41) is 19.9. The van der Waals surface area contributed by atoms with E-state index >= 15 is 0 Å². The van der Waals surface area contributed by atoms with Gasteiger partial charge < -0.3 is 24.1 Å². The topological polar surface area (TPSA) is 89.1 Å². The number of hydrogen-bond donors (Lipinski definition) is 2. The molecule has 6 nitrogen and oxygen atoms in total. The zero-order valence-electron chi connectivity index (χ0n) is 11.3. The molecule has 0 atom stereocenters. The maximum absolute atomic E-state index is 12.5. The van der Waals surface area contributed by atoms with Gasteiger partial charge in [0, 0.05) is 6.07 Å². The Labute approximate surface area is 118 Å². The first-order chi connectivity index (χ1) is 10.1. The van der Waals surface area contributed by atoms with E-state index < -0.39 is 5.43 Å². The summed E-state index contributed by atoms with van der Waals surface area (Å²) in [5.74, 6) is -0.183. The molecule has 0 fully saturated rings. The van der Waals surface area contributed by atoms with E-state index in [1.54, 1.807) is 12.1 Å². The number of hydrogen-bond acceptors (Lipinski definition) is 6. The first-order valence-corrected chi connectivity index (χ1v) is 6.10. The molecule has 0 amide bonds. The van der Waals surface area contributed by atoms with Crippen LogP contribution in [0.25, 0.3) is 21.9 Å². The third kappa shape index (κ3) is 1.84. The molecule has 0 spiro atoms. The van der Waals surface area contributed by atoms with E-state index in [2.05, 4.69) is 0 Å². The van der Waals surface area contributed by atoms with Gasteiger partial charge in [-0.2, -0.15) is 0 Å². The Hall–Kier alpha value is -2.89. The van der Waals surface area contributed by atoms with Crippen molar-refractivity contribution in [1.29, 1.82) is 0 Å². The summed E-state index contributed by atoms with van der Waals surface area (Å²) in [6.45, 7) is 0. The van der Waals surface area contributed by atoms with Crippen molar-refractivity contribution in [3.63, 3.8) is 0 Å². The lowest BCUT2D eigenvalue weighted by molar-refractivity contribution is 0.368. The predicted molar refractivity (Wildman–Crippen MR) is 76.4 cm³/mol. The van der Waals surface area contributed by atoms with E-state index in [-0.39, 0.29) is 33.6 Å². The number of fused-ring (bicyclic) bond motifs is 2. The Morgan fingerprint density at radius 2 is 1.81 bits per heavy atom. The first-order valence-electron chi connectivity index (χ1n) is 6.10. The van der Waals surface area contributed by atoms with Crippen LogP contribution in [0.1, 0.15) is 0 Å². The molecule has 0 saturated heterocycles. The van der Waals surface area contributed by atoms with Crippen molar-refractivity contribution in [3.8, 4) is 23.0 Å². The van der Waals surface area contributed by atoms with Gasteiger partial charge in [0.25, 0.3) is 0 Å². The molecule has 2 aromatic carbocycles. The molecule has 6 heteroatoms. The number of benzene rings is 2. The van der Waals surface area contributed by atoms with Gasteiger partial charge in [0.15, 0.2) is 11.3 Å². The lowest BCUT2D eigenvalue weighted by atomic mass is 10.1. The molecule has 0 radical (unpaired) electrons. The molecule has 0 unspecified atom stereocenters. The fraction of sp³-hybridized carbons (Fsp3) is 0.133. The summed E-state index contributed by atoms with van der Waals surface area (Å²) >= 11 is 0. The van der Waals surface area contributed by atoms with E-state index in [9.17, 15) is 15.0 Å². The molecular weight excluding hydrogens is 276 g/mol. The zero-order valence-corrected chi connectivity index (χ0v) is 11.3. The number of phenols is 2. The van der Waals surface area contributed by atoms with Crippen LogP contribution in [0, 0.1) is 0 Å². The minimum Gasteiger partial charge on any atom is -0.507 e. The molecule has 0 bridgehead atoms. The van der Waals surface area contributed by atoms with Crippen LogP contribution in [-0.4, -0.2) is 24.4 Å². The van der Waals surface area contributed by atoms with Crippen LogP contribution in [0.15, 0.2) is 33.5 Å². The second kappa shape index (κ2) is 4.59. The smallest absolute Gasteiger partial charge is 0.204 e. The van der Waals surface area contributed by atoms with Gasteiger partial charge in [-0.05, 0) is 18.2 Å². The predicted octanol–water partition coefficient (Wildman–Crippen LogP) is 2.37. The van der Waals surface area contributed by atoms with Gasteiger partial charge in [-0.1, -0.05) is 0 Å². The Kier molecular flexibility index (Phi) is 2.86. The van der Waals surface area contributed by atoms with Gasteiger partial charge in [-0.25, -0.2) is 0 Å².